The summed E-state index contributed by atoms with van der Waals surface area (Å²) in [5.74, 6) is 0.951. The van der Waals surface area contributed by atoms with Crippen molar-refractivity contribution in [2.45, 2.75) is 25.3 Å². The highest BCUT2D eigenvalue weighted by Gasteiger charge is 2.25. The van der Waals surface area contributed by atoms with Crippen molar-refractivity contribution in [3.05, 3.63) is 46.2 Å². The average molecular weight is 296 g/mol. The van der Waals surface area contributed by atoms with Gasteiger partial charge in [-0.1, -0.05) is 29.3 Å². The zero-order valence-electron chi connectivity index (χ0n) is 10.4. The number of anilines is 1. The average Bonchev–Trinajstić information content (AvgIpc) is 3.12. The summed E-state index contributed by atoms with van der Waals surface area (Å²) in [5.41, 5.74) is 1.10. The van der Waals surface area contributed by atoms with Crippen LogP contribution in [0, 0.1) is 0 Å². The molecule has 1 saturated carbocycles. The van der Waals surface area contributed by atoms with E-state index in [1.54, 1.807) is 6.07 Å². The smallest absolute Gasteiger partial charge is 0.203 e. The first-order valence-electron chi connectivity index (χ1n) is 6.44. The Kier molecular flexibility index (Phi) is 3.67. The second-order valence-electron chi connectivity index (χ2n) is 4.80. The molecule has 3 nitrogen and oxygen atoms in total. The Morgan fingerprint density at radius 2 is 2.16 bits per heavy atom. The molecule has 0 radical (unpaired) electrons. The normalized spacial score (nSPS) is 14.6. The minimum Gasteiger partial charge on any atom is -0.355 e. The van der Waals surface area contributed by atoms with Crippen LogP contribution in [0.1, 0.15) is 24.4 Å². The third-order valence-corrected chi connectivity index (χ3v) is 3.89. The molecule has 1 aromatic carbocycles. The largest absolute Gasteiger partial charge is 0.355 e. The second-order valence-corrected chi connectivity index (χ2v) is 5.65. The summed E-state index contributed by atoms with van der Waals surface area (Å²) in [6.07, 6.45) is 7.25. The zero-order valence-corrected chi connectivity index (χ0v) is 12.0. The molecular weight excluding hydrogens is 281 g/mol. The number of hydrogen-bond acceptors (Lipinski definition) is 2. The highest BCUT2D eigenvalue weighted by atomic mass is 35.5. The number of benzene rings is 1. The van der Waals surface area contributed by atoms with Gasteiger partial charge < -0.3 is 9.88 Å². The molecule has 0 bridgehead atoms. The minimum absolute atomic E-state index is 0.643. The fourth-order valence-electron chi connectivity index (χ4n) is 2.13. The quantitative estimate of drug-likeness (QED) is 0.897. The number of hydrogen-bond donors (Lipinski definition) is 1. The molecule has 100 valence electrons. The molecule has 1 aliphatic carbocycles. The van der Waals surface area contributed by atoms with E-state index in [-0.39, 0.29) is 0 Å². The third kappa shape index (κ3) is 3.04. The number of nitrogens with zero attached hydrogens (tertiary/aromatic N) is 2. The standard InChI is InChI=1S/C14H15Cl2N3/c15-11-2-1-10(13(16)9-11)5-6-17-14-18-7-8-19(14)12-3-4-12/h1-2,7-9,12H,3-6H2,(H,17,18). The molecule has 1 aromatic heterocycles. The summed E-state index contributed by atoms with van der Waals surface area (Å²) in [7, 11) is 0. The van der Waals surface area contributed by atoms with Gasteiger partial charge in [-0.3, -0.25) is 0 Å². The lowest BCUT2D eigenvalue weighted by atomic mass is 10.1. The molecule has 1 heterocycles. The predicted octanol–water partition coefficient (Wildman–Crippen LogP) is 4.18. The van der Waals surface area contributed by atoms with Gasteiger partial charge in [-0.25, -0.2) is 4.98 Å². The monoisotopic (exact) mass is 295 g/mol. The van der Waals surface area contributed by atoms with Crippen LogP contribution in [0.15, 0.2) is 30.6 Å². The first-order valence-corrected chi connectivity index (χ1v) is 7.20. The first kappa shape index (κ1) is 12.8. The summed E-state index contributed by atoms with van der Waals surface area (Å²) in [6, 6.07) is 6.26. The van der Waals surface area contributed by atoms with Crippen molar-refractivity contribution >= 4 is 29.2 Å². The van der Waals surface area contributed by atoms with Gasteiger partial charge in [0.1, 0.15) is 0 Å². The van der Waals surface area contributed by atoms with Crippen molar-refractivity contribution in [3.8, 4) is 0 Å². The number of rotatable bonds is 5. The van der Waals surface area contributed by atoms with Crippen LogP contribution in [0.3, 0.4) is 0 Å². The van der Waals surface area contributed by atoms with E-state index in [0.717, 1.165) is 29.5 Å². The van der Waals surface area contributed by atoms with Gasteiger partial charge in [-0.15, -0.1) is 0 Å². The Morgan fingerprint density at radius 3 is 2.89 bits per heavy atom. The number of imidazole rings is 1. The lowest BCUT2D eigenvalue weighted by Crippen LogP contribution is -2.10. The Morgan fingerprint density at radius 1 is 1.32 bits per heavy atom. The van der Waals surface area contributed by atoms with Gasteiger partial charge in [0.15, 0.2) is 0 Å². The Balaban J connectivity index is 1.59. The number of aromatic nitrogens is 2. The second kappa shape index (κ2) is 5.43. The maximum Gasteiger partial charge on any atom is 0.203 e. The van der Waals surface area contributed by atoms with E-state index >= 15 is 0 Å². The van der Waals surface area contributed by atoms with Crippen molar-refractivity contribution in [2.75, 3.05) is 11.9 Å². The van der Waals surface area contributed by atoms with Crippen LogP contribution in [0.25, 0.3) is 0 Å². The zero-order chi connectivity index (χ0) is 13.2. The summed E-state index contributed by atoms with van der Waals surface area (Å²) in [6.45, 7) is 0.811. The number of halogens is 2. The van der Waals surface area contributed by atoms with Crippen LogP contribution in [-0.4, -0.2) is 16.1 Å². The Labute approximate surface area is 122 Å². The van der Waals surface area contributed by atoms with Crippen LogP contribution in [0.4, 0.5) is 5.95 Å². The van der Waals surface area contributed by atoms with Crippen molar-refractivity contribution in [2.24, 2.45) is 0 Å². The number of nitrogens with one attached hydrogen (secondary N) is 1. The van der Waals surface area contributed by atoms with Crippen LogP contribution in [0.2, 0.25) is 10.0 Å². The van der Waals surface area contributed by atoms with E-state index in [2.05, 4.69) is 14.9 Å². The molecule has 0 atom stereocenters. The summed E-state index contributed by atoms with van der Waals surface area (Å²) >= 11 is 12.0. The van der Waals surface area contributed by atoms with Crippen LogP contribution < -0.4 is 5.32 Å². The topological polar surface area (TPSA) is 29.9 Å². The van der Waals surface area contributed by atoms with Crippen LogP contribution in [0.5, 0.6) is 0 Å². The first-order chi connectivity index (χ1) is 9.24. The fourth-order valence-corrected chi connectivity index (χ4v) is 2.63. The summed E-state index contributed by atoms with van der Waals surface area (Å²) in [4.78, 5) is 4.34. The van der Waals surface area contributed by atoms with Gasteiger partial charge in [-0.05, 0) is 37.0 Å². The molecule has 1 aliphatic rings. The molecule has 0 aliphatic heterocycles. The molecule has 0 saturated heterocycles. The van der Waals surface area contributed by atoms with Gasteiger partial charge in [0.25, 0.3) is 0 Å². The van der Waals surface area contributed by atoms with Crippen molar-refractivity contribution in [1.29, 1.82) is 0 Å². The summed E-state index contributed by atoms with van der Waals surface area (Å²) < 4.78 is 2.21. The Bertz CT molecular complexity index is 576. The van der Waals surface area contributed by atoms with E-state index in [1.807, 2.05) is 24.5 Å². The van der Waals surface area contributed by atoms with E-state index in [9.17, 15) is 0 Å². The van der Waals surface area contributed by atoms with Crippen molar-refractivity contribution in [3.63, 3.8) is 0 Å². The third-order valence-electron chi connectivity index (χ3n) is 3.30. The molecule has 19 heavy (non-hydrogen) atoms. The van der Waals surface area contributed by atoms with Gasteiger partial charge in [0.05, 0.1) is 0 Å². The maximum atomic E-state index is 6.15. The van der Waals surface area contributed by atoms with Gasteiger partial charge in [0.2, 0.25) is 5.95 Å². The molecule has 0 spiro atoms. The molecule has 5 heteroatoms. The van der Waals surface area contributed by atoms with E-state index in [1.165, 1.54) is 12.8 Å². The molecule has 0 amide bonds. The van der Waals surface area contributed by atoms with Gasteiger partial charge >= 0.3 is 0 Å². The lowest BCUT2D eigenvalue weighted by molar-refractivity contribution is 0.742. The fraction of sp³-hybridized carbons (Fsp3) is 0.357. The van der Waals surface area contributed by atoms with Crippen molar-refractivity contribution < 1.29 is 0 Å². The molecular formula is C14H15Cl2N3. The Hall–Kier alpha value is -1.19. The van der Waals surface area contributed by atoms with Gasteiger partial charge in [0, 0.05) is 35.0 Å². The summed E-state index contributed by atoms with van der Waals surface area (Å²) in [5, 5.41) is 4.76. The molecule has 0 unspecified atom stereocenters. The lowest BCUT2D eigenvalue weighted by Gasteiger charge is -2.09. The van der Waals surface area contributed by atoms with Gasteiger partial charge in [-0.2, -0.15) is 0 Å². The van der Waals surface area contributed by atoms with E-state index < -0.39 is 0 Å². The van der Waals surface area contributed by atoms with Crippen molar-refractivity contribution in [1.82, 2.24) is 9.55 Å². The highest BCUT2D eigenvalue weighted by molar-refractivity contribution is 6.35. The highest BCUT2D eigenvalue weighted by Crippen LogP contribution is 2.36. The van der Waals surface area contributed by atoms with E-state index in [0.29, 0.717) is 11.1 Å². The van der Waals surface area contributed by atoms with Crippen LogP contribution in [-0.2, 0) is 6.42 Å². The predicted molar refractivity (Wildman–Crippen MR) is 79.2 cm³/mol. The molecule has 1 N–H and O–H groups in total. The van der Waals surface area contributed by atoms with E-state index in [4.69, 9.17) is 23.2 Å². The molecule has 1 fully saturated rings. The molecule has 3 rings (SSSR count). The minimum atomic E-state index is 0.643. The molecule has 2 aromatic rings. The maximum absolute atomic E-state index is 6.15. The SMILES string of the molecule is Clc1ccc(CCNc2nccn2C2CC2)c(Cl)c1. The van der Waals surface area contributed by atoms with Crippen LogP contribution >= 0.6 is 23.2 Å².